The van der Waals surface area contributed by atoms with Crippen molar-refractivity contribution in [2.45, 2.75) is 13.8 Å². The molecule has 4 nitrogen and oxygen atoms in total. The lowest BCUT2D eigenvalue weighted by Gasteiger charge is -2.05. The van der Waals surface area contributed by atoms with Crippen molar-refractivity contribution < 1.29 is 14.7 Å². The summed E-state index contributed by atoms with van der Waals surface area (Å²) in [6.07, 6.45) is 0. The second kappa shape index (κ2) is 3.87. The summed E-state index contributed by atoms with van der Waals surface area (Å²) in [6, 6.07) is 0. The predicted molar refractivity (Wildman–Crippen MR) is 36.1 cm³/mol. The first kappa shape index (κ1) is 8.94. The molecule has 0 spiro atoms. The normalized spacial score (nSPS) is 14.5. The Morgan fingerprint density at radius 1 is 1.70 bits per heavy atom. The van der Waals surface area contributed by atoms with Gasteiger partial charge in [0.15, 0.2) is 0 Å². The fraction of sp³-hybridized carbons (Fsp3) is 0.667. The second-order valence-corrected chi connectivity index (χ2v) is 1.99. The van der Waals surface area contributed by atoms with Gasteiger partial charge >= 0.3 is 5.97 Å². The molecule has 0 aliphatic carbocycles. The highest BCUT2D eigenvalue weighted by Gasteiger charge is 2.15. The molecule has 0 aliphatic rings. The molecule has 0 saturated heterocycles. The molecule has 0 fully saturated rings. The third kappa shape index (κ3) is 2.05. The number of carbonyl (C=O) groups is 1. The Bertz CT molecular complexity index is 153. The van der Waals surface area contributed by atoms with E-state index in [0.717, 1.165) is 0 Å². The number of hydrogen-bond acceptors (Lipinski definition) is 4. The molecule has 58 valence electrons. The average Bonchev–Trinajstić information content (AvgIpc) is 2.00. The Hall–Kier alpha value is -1.06. The summed E-state index contributed by atoms with van der Waals surface area (Å²) in [4.78, 5) is 10.7. The van der Waals surface area contributed by atoms with E-state index < -0.39 is 11.9 Å². The Balaban J connectivity index is 4.08. The minimum atomic E-state index is -0.463. The number of methoxy groups -OCH3 is 1. The maximum absolute atomic E-state index is 10.7. The maximum atomic E-state index is 10.7. The molecule has 0 saturated carbocycles. The quantitative estimate of drug-likeness (QED) is 0.268. The molecule has 0 aromatic rings. The lowest BCUT2D eigenvalue weighted by Crippen LogP contribution is -2.19. The molecular formula is C6H11NO3. The Kier molecular flexibility index (Phi) is 3.46. The van der Waals surface area contributed by atoms with E-state index in [4.69, 9.17) is 5.21 Å². The second-order valence-electron chi connectivity index (χ2n) is 1.99. The summed E-state index contributed by atoms with van der Waals surface area (Å²) in [5.41, 5.74) is 0.354. The molecular weight excluding hydrogens is 134 g/mol. The summed E-state index contributed by atoms with van der Waals surface area (Å²) in [5.74, 6) is -0.856. The average molecular weight is 145 g/mol. The predicted octanol–water partition coefficient (Wildman–Crippen LogP) is 0.646. The topological polar surface area (TPSA) is 58.9 Å². The van der Waals surface area contributed by atoms with E-state index in [2.05, 4.69) is 9.89 Å². The summed E-state index contributed by atoms with van der Waals surface area (Å²) in [7, 11) is 1.30. The van der Waals surface area contributed by atoms with Crippen molar-refractivity contribution in [2.24, 2.45) is 11.1 Å². The maximum Gasteiger partial charge on any atom is 0.314 e. The molecule has 1 atom stereocenters. The van der Waals surface area contributed by atoms with Crippen LogP contribution in [-0.4, -0.2) is 24.0 Å². The van der Waals surface area contributed by atoms with Gasteiger partial charge in [0.2, 0.25) is 0 Å². The molecule has 4 heteroatoms. The summed E-state index contributed by atoms with van der Waals surface area (Å²) >= 11 is 0. The highest BCUT2D eigenvalue weighted by molar-refractivity contribution is 6.00. The third-order valence-corrected chi connectivity index (χ3v) is 1.34. The van der Waals surface area contributed by atoms with Crippen LogP contribution in [0, 0.1) is 5.92 Å². The molecule has 0 rings (SSSR count). The van der Waals surface area contributed by atoms with E-state index in [1.54, 1.807) is 13.8 Å². The van der Waals surface area contributed by atoms with Crippen molar-refractivity contribution in [3.8, 4) is 0 Å². The van der Waals surface area contributed by atoms with Crippen molar-refractivity contribution in [3.63, 3.8) is 0 Å². The van der Waals surface area contributed by atoms with Gasteiger partial charge in [-0.05, 0) is 13.8 Å². The van der Waals surface area contributed by atoms with Crippen molar-refractivity contribution in [2.75, 3.05) is 7.11 Å². The van der Waals surface area contributed by atoms with E-state index in [1.807, 2.05) is 0 Å². The Morgan fingerprint density at radius 3 is 2.50 bits per heavy atom. The highest BCUT2D eigenvalue weighted by atomic mass is 16.5. The van der Waals surface area contributed by atoms with Crippen LogP contribution < -0.4 is 0 Å². The standard InChI is InChI=1S/C6H11NO3/c1-4(5(2)7-9)6(8)10-3/h4,9H,1-3H3/b7-5+. The number of ether oxygens (including phenoxy) is 1. The minimum Gasteiger partial charge on any atom is -0.469 e. The number of hydrogen-bond donors (Lipinski definition) is 1. The van der Waals surface area contributed by atoms with E-state index in [9.17, 15) is 4.79 Å². The van der Waals surface area contributed by atoms with Gasteiger partial charge < -0.3 is 9.94 Å². The van der Waals surface area contributed by atoms with Gasteiger partial charge in [-0.2, -0.15) is 0 Å². The molecule has 1 unspecified atom stereocenters. The van der Waals surface area contributed by atoms with Crippen LogP contribution in [0.2, 0.25) is 0 Å². The van der Waals surface area contributed by atoms with Crippen LogP contribution in [0.15, 0.2) is 5.16 Å². The number of carbonyl (C=O) groups excluding carboxylic acids is 1. The van der Waals surface area contributed by atoms with Gasteiger partial charge in [0, 0.05) is 0 Å². The van der Waals surface area contributed by atoms with Gasteiger partial charge in [-0.25, -0.2) is 0 Å². The van der Waals surface area contributed by atoms with E-state index >= 15 is 0 Å². The van der Waals surface area contributed by atoms with E-state index in [0.29, 0.717) is 5.71 Å². The molecule has 10 heavy (non-hydrogen) atoms. The largest absolute Gasteiger partial charge is 0.469 e. The summed E-state index contributed by atoms with van der Waals surface area (Å²) in [5, 5.41) is 11.1. The van der Waals surface area contributed by atoms with Crippen molar-refractivity contribution in [3.05, 3.63) is 0 Å². The zero-order valence-electron chi connectivity index (χ0n) is 6.29. The molecule has 0 amide bonds. The van der Waals surface area contributed by atoms with Gasteiger partial charge in [0.05, 0.1) is 18.7 Å². The van der Waals surface area contributed by atoms with Crippen LogP contribution in [0.3, 0.4) is 0 Å². The van der Waals surface area contributed by atoms with Crippen molar-refractivity contribution in [1.29, 1.82) is 0 Å². The fourth-order valence-corrected chi connectivity index (χ4v) is 0.434. The van der Waals surface area contributed by atoms with Gasteiger partial charge in [0.25, 0.3) is 0 Å². The summed E-state index contributed by atoms with van der Waals surface area (Å²) < 4.78 is 4.40. The number of oxime groups is 1. The van der Waals surface area contributed by atoms with Gasteiger partial charge in [-0.15, -0.1) is 0 Å². The molecule has 0 aromatic carbocycles. The lowest BCUT2D eigenvalue weighted by molar-refractivity contribution is -0.142. The molecule has 0 heterocycles. The van der Waals surface area contributed by atoms with E-state index in [1.165, 1.54) is 7.11 Å². The van der Waals surface area contributed by atoms with Crippen LogP contribution in [0.1, 0.15) is 13.8 Å². The number of rotatable bonds is 2. The molecule has 0 aromatic heterocycles. The van der Waals surface area contributed by atoms with Crippen LogP contribution in [0.5, 0.6) is 0 Å². The Labute approximate surface area is 59.5 Å². The van der Waals surface area contributed by atoms with Crippen molar-refractivity contribution >= 4 is 11.7 Å². The van der Waals surface area contributed by atoms with Gasteiger partial charge in [-0.3, -0.25) is 4.79 Å². The zero-order valence-corrected chi connectivity index (χ0v) is 6.29. The SMILES string of the molecule is COC(=O)C(C)/C(C)=N/O. The van der Waals surface area contributed by atoms with Crippen LogP contribution >= 0.6 is 0 Å². The van der Waals surface area contributed by atoms with Crippen LogP contribution in [0.4, 0.5) is 0 Å². The highest BCUT2D eigenvalue weighted by Crippen LogP contribution is 1.99. The van der Waals surface area contributed by atoms with Crippen LogP contribution in [-0.2, 0) is 9.53 Å². The Morgan fingerprint density at radius 2 is 2.20 bits per heavy atom. The lowest BCUT2D eigenvalue weighted by atomic mass is 10.1. The molecule has 0 aliphatic heterocycles. The number of esters is 1. The first-order valence-corrected chi connectivity index (χ1v) is 2.89. The summed E-state index contributed by atoms with van der Waals surface area (Å²) in [6.45, 7) is 3.17. The molecule has 0 bridgehead atoms. The van der Waals surface area contributed by atoms with Crippen LogP contribution in [0.25, 0.3) is 0 Å². The zero-order chi connectivity index (χ0) is 8.15. The smallest absolute Gasteiger partial charge is 0.314 e. The third-order valence-electron chi connectivity index (χ3n) is 1.34. The van der Waals surface area contributed by atoms with Gasteiger partial charge in [0.1, 0.15) is 0 Å². The number of nitrogens with zero attached hydrogens (tertiary/aromatic N) is 1. The van der Waals surface area contributed by atoms with Gasteiger partial charge in [-0.1, -0.05) is 5.16 Å². The fourth-order valence-electron chi connectivity index (χ4n) is 0.434. The first-order chi connectivity index (χ1) is 4.63. The van der Waals surface area contributed by atoms with Crippen molar-refractivity contribution in [1.82, 2.24) is 0 Å². The molecule has 1 N–H and O–H groups in total. The molecule has 0 radical (unpaired) electrons. The first-order valence-electron chi connectivity index (χ1n) is 2.89. The van der Waals surface area contributed by atoms with E-state index in [-0.39, 0.29) is 0 Å². The monoisotopic (exact) mass is 145 g/mol. The minimum absolute atomic E-state index is 0.354.